The molecule has 62 valence electrons. The fourth-order valence-electron chi connectivity index (χ4n) is 0.778. The van der Waals surface area contributed by atoms with E-state index < -0.39 is 12.1 Å². The molecule has 0 amide bonds. The van der Waals surface area contributed by atoms with Gasteiger partial charge in [0.1, 0.15) is 0 Å². The van der Waals surface area contributed by atoms with E-state index in [9.17, 15) is 4.79 Å². The number of benzene rings is 1. The molecule has 0 saturated carbocycles. The first-order chi connectivity index (χ1) is 5.22. The Morgan fingerprint density at radius 3 is 2.08 bits per heavy atom. The van der Waals surface area contributed by atoms with Crippen LogP contribution < -0.4 is 59.1 Å². The molecular weight excluding hydrogens is 190 g/mol. The predicted molar refractivity (Wildman–Crippen MR) is 41.3 cm³/mol. The summed E-state index contributed by atoms with van der Waals surface area (Å²) in [5.74, 6) is -1.23. The SMILES string of the molecule is O=C(O)[C@H](O)c1ccccc1.[H-].[H-].[Na+].[Na+]. The van der Waals surface area contributed by atoms with Crippen molar-refractivity contribution in [1.82, 2.24) is 0 Å². The molecule has 0 unspecified atom stereocenters. The molecule has 0 heterocycles. The van der Waals surface area contributed by atoms with Crippen molar-refractivity contribution in [3.05, 3.63) is 35.9 Å². The van der Waals surface area contributed by atoms with Gasteiger partial charge in [-0.25, -0.2) is 4.79 Å². The summed E-state index contributed by atoms with van der Waals surface area (Å²) in [4.78, 5) is 10.2. The number of rotatable bonds is 2. The van der Waals surface area contributed by atoms with Gasteiger partial charge >= 0.3 is 65.1 Å². The van der Waals surface area contributed by atoms with Crippen molar-refractivity contribution in [3.63, 3.8) is 0 Å². The summed E-state index contributed by atoms with van der Waals surface area (Å²) in [5.41, 5.74) is 0.403. The van der Waals surface area contributed by atoms with Crippen LogP contribution in [0.3, 0.4) is 0 Å². The zero-order valence-electron chi connectivity index (χ0n) is 9.77. The Morgan fingerprint density at radius 2 is 1.69 bits per heavy atom. The van der Waals surface area contributed by atoms with E-state index >= 15 is 0 Å². The van der Waals surface area contributed by atoms with E-state index in [1.54, 1.807) is 30.3 Å². The van der Waals surface area contributed by atoms with Gasteiger partial charge < -0.3 is 13.1 Å². The summed E-state index contributed by atoms with van der Waals surface area (Å²) < 4.78 is 0. The van der Waals surface area contributed by atoms with E-state index in [0.717, 1.165) is 0 Å². The number of carbonyl (C=O) groups is 1. The van der Waals surface area contributed by atoms with Crippen LogP contribution >= 0.6 is 0 Å². The third kappa shape index (κ3) is 5.18. The molecule has 0 fully saturated rings. The third-order valence-electron chi connectivity index (χ3n) is 1.35. The standard InChI is InChI=1S/C8H8O3.2Na.2H/c9-7(8(10)11)6-4-2-1-3-5-6;;;;/h1-5,7,9H,(H,10,11);;;;/q;2*+1;2*-1/t7-;;;;/m1..../s1. The summed E-state index contributed by atoms with van der Waals surface area (Å²) >= 11 is 0. The summed E-state index contributed by atoms with van der Waals surface area (Å²) in [6.07, 6.45) is -1.41. The van der Waals surface area contributed by atoms with Crippen molar-refractivity contribution in [3.8, 4) is 0 Å². The van der Waals surface area contributed by atoms with Gasteiger partial charge in [-0.15, -0.1) is 0 Å². The number of carboxylic acid groups (broad SMARTS) is 1. The first-order valence-corrected chi connectivity index (χ1v) is 3.17. The number of hydrogen-bond donors (Lipinski definition) is 2. The van der Waals surface area contributed by atoms with Crippen molar-refractivity contribution in [2.75, 3.05) is 0 Å². The number of hydrogen-bond acceptors (Lipinski definition) is 2. The van der Waals surface area contributed by atoms with Crippen LogP contribution in [0.4, 0.5) is 0 Å². The minimum absolute atomic E-state index is 0. The van der Waals surface area contributed by atoms with Gasteiger partial charge in [-0.05, 0) is 5.56 Å². The van der Waals surface area contributed by atoms with Gasteiger partial charge in [0, 0.05) is 0 Å². The zero-order chi connectivity index (χ0) is 8.27. The van der Waals surface area contributed by atoms with Crippen LogP contribution in [-0.2, 0) is 4.79 Å². The topological polar surface area (TPSA) is 57.5 Å². The molecule has 1 atom stereocenters. The molecule has 0 aromatic heterocycles. The maximum absolute atomic E-state index is 10.2. The number of carboxylic acids is 1. The molecule has 2 N–H and O–H groups in total. The maximum Gasteiger partial charge on any atom is 1.00 e. The number of aliphatic carboxylic acids is 1. The Hall–Kier alpha value is 0.650. The molecule has 5 heteroatoms. The van der Waals surface area contributed by atoms with E-state index in [1.807, 2.05) is 0 Å². The molecule has 0 saturated heterocycles. The molecule has 13 heavy (non-hydrogen) atoms. The third-order valence-corrected chi connectivity index (χ3v) is 1.35. The van der Waals surface area contributed by atoms with Crippen LogP contribution in [0.1, 0.15) is 14.5 Å². The van der Waals surface area contributed by atoms with E-state index in [1.165, 1.54) is 0 Å². The molecule has 0 bridgehead atoms. The second-order valence-corrected chi connectivity index (χ2v) is 2.15. The van der Waals surface area contributed by atoms with Crippen molar-refractivity contribution in [1.29, 1.82) is 0 Å². The molecule has 0 radical (unpaired) electrons. The predicted octanol–water partition coefficient (Wildman–Crippen LogP) is -4.96. The molecule has 0 aliphatic carbocycles. The van der Waals surface area contributed by atoms with Gasteiger partial charge in [-0.1, -0.05) is 30.3 Å². The average molecular weight is 200 g/mol. The largest absolute Gasteiger partial charge is 1.00 e. The Balaban J connectivity index is -0.000000151. The van der Waals surface area contributed by atoms with Gasteiger partial charge in [-0.2, -0.15) is 0 Å². The van der Waals surface area contributed by atoms with Gasteiger partial charge in [0.25, 0.3) is 0 Å². The zero-order valence-corrected chi connectivity index (χ0v) is 11.8. The van der Waals surface area contributed by atoms with Gasteiger partial charge in [0.05, 0.1) is 0 Å². The Morgan fingerprint density at radius 1 is 1.23 bits per heavy atom. The monoisotopic (exact) mass is 200 g/mol. The molecule has 1 rings (SSSR count). The number of aliphatic hydroxyl groups is 1. The summed E-state index contributed by atoms with van der Waals surface area (Å²) in [6.45, 7) is 0. The second-order valence-electron chi connectivity index (χ2n) is 2.15. The summed E-state index contributed by atoms with van der Waals surface area (Å²) in [5, 5.41) is 17.4. The molecular formula is C8H10Na2O3. The van der Waals surface area contributed by atoms with E-state index in [0.29, 0.717) is 5.56 Å². The van der Waals surface area contributed by atoms with Crippen LogP contribution in [0.15, 0.2) is 30.3 Å². The smallest absolute Gasteiger partial charge is 1.00 e. The minimum Gasteiger partial charge on any atom is -1.00 e. The Bertz CT molecular complexity index is 259. The molecule has 1 aromatic rings. The van der Waals surface area contributed by atoms with Gasteiger partial charge in [0.2, 0.25) is 0 Å². The minimum atomic E-state index is -1.41. The van der Waals surface area contributed by atoms with E-state index in [4.69, 9.17) is 10.2 Å². The van der Waals surface area contributed by atoms with E-state index in [2.05, 4.69) is 0 Å². The summed E-state index contributed by atoms with van der Waals surface area (Å²) in [6, 6.07) is 8.26. The maximum atomic E-state index is 10.2. The van der Waals surface area contributed by atoms with Crippen LogP contribution in [0, 0.1) is 0 Å². The van der Waals surface area contributed by atoms with Crippen LogP contribution in [0.5, 0.6) is 0 Å². The Kier molecular flexibility index (Phi) is 9.90. The van der Waals surface area contributed by atoms with Crippen LogP contribution in [-0.4, -0.2) is 16.2 Å². The normalized spacial score (nSPS) is 10.5. The van der Waals surface area contributed by atoms with Crippen molar-refractivity contribution >= 4 is 5.97 Å². The molecule has 0 aliphatic heterocycles. The number of aliphatic hydroxyl groups excluding tert-OH is 1. The fourth-order valence-corrected chi connectivity index (χ4v) is 0.778. The first-order valence-electron chi connectivity index (χ1n) is 3.17. The first kappa shape index (κ1) is 16.1. The van der Waals surface area contributed by atoms with Crippen molar-refractivity contribution < 1.29 is 77.0 Å². The quantitative estimate of drug-likeness (QED) is 0.470. The molecule has 1 aromatic carbocycles. The molecule has 0 spiro atoms. The Labute approximate surface area is 124 Å². The average Bonchev–Trinajstić information content (AvgIpc) is 2.05. The van der Waals surface area contributed by atoms with Gasteiger partial charge in [0.15, 0.2) is 6.10 Å². The van der Waals surface area contributed by atoms with Crippen molar-refractivity contribution in [2.45, 2.75) is 6.10 Å². The van der Waals surface area contributed by atoms with Crippen molar-refractivity contribution in [2.24, 2.45) is 0 Å². The second kappa shape index (κ2) is 8.00. The van der Waals surface area contributed by atoms with Crippen LogP contribution in [0.2, 0.25) is 0 Å². The van der Waals surface area contributed by atoms with E-state index in [-0.39, 0.29) is 62.0 Å². The molecule has 3 nitrogen and oxygen atoms in total. The van der Waals surface area contributed by atoms with Gasteiger partial charge in [-0.3, -0.25) is 0 Å². The molecule has 0 aliphatic rings. The summed E-state index contributed by atoms with van der Waals surface area (Å²) in [7, 11) is 0. The van der Waals surface area contributed by atoms with Crippen LogP contribution in [0.25, 0.3) is 0 Å². The fraction of sp³-hybridized carbons (Fsp3) is 0.125.